The molecule has 0 aliphatic rings. The normalized spacial score (nSPS) is 11.7. The summed E-state index contributed by atoms with van der Waals surface area (Å²) in [7, 11) is 0. The number of aromatic nitrogens is 3. The van der Waals surface area contributed by atoms with Crippen LogP contribution in [0, 0.1) is 5.82 Å². The van der Waals surface area contributed by atoms with Crippen LogP contribution in [0.4, 0.5) is 4.39 Å². The smallest absolute Gasteiger partial charge is 0.270 e. The Morgan fingerprint density at radius 1 is 1.23 bits per heavy atom. The second-order valence-electron chi connectivity index (χ2n) is 7.31. The van der Waals surface area contributed by atoms with E-state index in [1.165, 1.54) is 6.07 Å². The fourth-order valence-corrected chi connectivity index (χ4v) is 2.65. The summed E-state index contributed by atoms with van der Waals surface area (Å²) in [5.41, 5.74) is 2.30. The van der Waals surface area contributed by atoms with Gasteiger partial charge in [0.2, 0.25) is 0 Å². The summed E-state index contributed by atoms with van der Waals surface area (Å²) >= 11 is 0. The van der Waals surface area contributed by atoms with Gasteiger partial charge in [0, 0.05) is 23.6 Å². The van der Waals surface area contributed by atoms with Crippen LogP contribution >= 0.6 is 0 Å². The predicted molar refractivity (Wildman–Crippen MR) is 99.7 cm³/mol. The number of hydrogen-bond acceptors (Lipinski definition) is 3. The number of nitrogens with zero attached hydrogens (tertiary/aromatic N) is 3. The van der Waals surface area contributed by atoms with Crippen LogP contribution in [-0.4, -0.2) is 27.0 Å². The lowest BCUT2D eigenvalue weighted by molar-refractivity contribution is 0.0949. The fourth-order valence-electron chi connectivity index (χ4n) is 2.65. The Hall–Kier alpha value is -2.76. The van der Waals surface area contributed by atoms with Crippen molar-refractivity contribution in [2.45, 2.75) is 39.5 Å². The zero-order valence-corrected chi connectivity index (χ0v) is 15.5. The van der Waals surface area contributed by atoms with Gasteiger partial charge >= 0.3 is 0 Å². The second-order valence-corrected chi connectivity index (χ2v) is 7.31. The molecule has 0 bridgehead atoms. The molecular weight excluding hydrogens is 331 g/mol. The first-order valence-corrected chi connectivity index (χ1v) is 8.75. The molecule has 3 aromatic rings. The van der Waals surface area contributed by atoms with Crippen molar-refractivity contribution in [3.63, 3.8) is 0 Å². The van der Waals surface area contributed by atoms with Crippen molar-refractivity contribution in [3.8, 4) is 11.3 Å². The third kappa shape index (κ3) is 3.45. The first kappa shape index (κ1) is 18.0. The number of hydrogen-bond donors (Lipinski definition) is 1. The Bertz CT molecular complexity index is 956. The summed E-state index contributed by atoms with van der Waals surface area (Å²) in [6.45, 7) is 8.69. The molecule has 2 heterocycles. The fraction of sp³-hybridized carbons (Fsp3) is 0.350. The van der Waals surface area contributed by atoms with E-state index in [2.05, 4.69) is 15.4 Å². The molecular formula is C20H23FN4O. The molecule has 0 aliphatic heterocycles. The molecule has 26 heavy (non-hydrogen) atoms. The summed E-state index contributed by atoms with van der Waals surface area (Å²) in [6.07, 6.45) is 0.828. The lowest BCUT2D eigenvalue weighted by Gasteiger charge is -2.13. The molecule has 0 saturated carbocycles. The quantitative estimate of drug-likeness (QED) is 0.771. The Labute approximate surface area is 152 Å². The van der Waals surface area contributed by atoms with Crippen LogP contribution in [0.2, 0.25) is 0 Å². The molecule has 0 spiro atoms. The zero-order chi connectivity index (χ0) is 18.9. The minimum atomic E-state index is -0.368. The molecule has 3 rings (SSSR count). The Kier molecular flexibility index (Phi) is 4.76. The molecule has 0 saturated heterocycles. The van der Waals surface area contributed by atoms with E-state index < -0.39 is 0 Å². The van der Waals surface area contributed by atoms with Gasteiger partial charge in [0.25, 0.3) is 5.91 Å². The van der Waals surface area contributed by atoms with Gasteiger partial charge < -0.3 is 5.32 Å². The number of amides is 1. The molecule has 5 nitrogen and oxygen atoms in total. The first-order chi connectivity index (χ1) is 12.3. The summed E-state index contributed by atoms with van der Waals surface area (Å²) in [5, 5.41) is 7.44. The Balaban J connectivity index is 2.23. The van der Waals surface area contributed by atoms with Gasteiger partial charge in [-0.2, -0.15) is 5.10 Å². The van der Waals surface area contributed by atoms with Crippen LogP contribution in [-0.2, 0) is 5.41 Å². The van der Waals surface area contributed by atoms with E-state index in [0.29, 0.717) is 23.4 Å². The van der Waals surface area contributed by atoms with Crippen LogP contribution < -0.4 is 5.32 Å². The zero-order valence-electron chi connectivity index (χ0n) is 15.5. The second kappa shape index (κ2) is 6.86. The van der Waals surface area contributed by atoms with Crippen molar-refractivity contribution in [2.75, 3.05) is 6.54 Å². The molecule has 1 N–H and O–H groups in total. The third-order valence-corrected chi connectivity index (χ3v) is 4.11. The van der Waals surface area contributed by atoms with Gasteiger partial charge in [-0.05, 0) is 24.6 Å². The highest BCUT2D eigenvalue weighted by Gasteiger charge is 2.22. The summed E-state index contributed by atoms with van der Waals surface area (Å²) in [6, 6.07) is 9.91. The molecule has 6 heteroatoms. The molecule has 0 atom stereocenters. The average molecular weight is 354 g/mol. The number of carbonyl (C=O) groups is 1. The van der Waals surface area contributed by atoms with Gasteiger partial charge in [0.05, 0.1) is 11.4 Å². The molecule has 0 aliphatic carbocycles. The van der Waals surface area contributed by atoms with E-state index in [-0.39, 0.29) is 22.8 Å². The molecule has 2 aromatic heterocycles. The summed E-state index contributed by atoms with van der Waals surface area (Å²) < 4.78 is 16.0. The largest absolute Gasteiger partial charge is 0.351 e. The molecule has 136 valence electrons. The van der Waals surface area contributed by atoms with Gasteiger partial charge in [0.1, 0.15) is 11.5 Å². The average Bonchev–Trinajstić information content (AvgIpc) is 3.04. The maximum Gasteiger partial charge on any atom is 0.270 e. The van der Waals surface area contributed by atoms with E-state index in [4.69, 9.17) is 0 Å². The minimum Gasteiger partial charge on any atom is -0.351 e. The minimum absolute atomic E-state index is 0.190. The van der Waals surface area contributed by atoms with Crippen molar-refractivity contribution in [3.05, 3.63) is 53.6 Å². The van der Waals surface area contributed by atoms with Crippen molar-refractivity contribution in [2.24, 2.45) is 0 Å². The van der Waals surface area contributed by atoms with Gasteiger partial charge in [-0.15, -0.1) is 0 Å². The standard InChI is InChI=1S/C20H23FN4O/c1-5-10-22-19(26)15-11-16(13-8-6-7-9-14(13)21)25-18(23-15)12-17(24-25)20(2,3)4/h6-9,11-12H,5,10H2,1-4H3,(H,22,26). The van der Waals surface area contributed by atoms with Crippen molar-refractivity contribution in [1.82, 2.24) is 19.9 Å². The Morgan fingerprint density at radius 2 is 1.96 bits per heavy atom. The highest BCUT2D eigenvalue weighted by atomic mass is 19.1. The van der Waals surface area contributed by atoms with Crippen molar-refractivity contribution in [1.29, 1.82) is 0 Å². The van der Waals surface area contributed by atoms with Gasteiger partial charge in [-0.1, -0.05) is 39.8 Å². The van der Waals surface area contributed by atoms with E-state index in [0.717, 1.165) is 12.1 Å². The molecule has 0 unspecified atom stereocenters. The van der Waals surface area contributed by atoms with E-state index >= 15 is 0 Å². The van der Waals surface area contributed by atoms with Gasteiger partial charge in [-0.25, -0.2) is 13.9 Å². The van der Waals surface area contributed by atoms with Crippen LogP contribution in [0.15, 0.2) is 36.4 Å². The number of benzene rings is 1. The highest BCUT2D eigenvalue weighted by Crippen LogP contribution is 2.27. The SMILES string of the molecule is CCCNC(=O)c1cc(-c2ccccc2F)n2nc(C(C)(C)C)cc2n1. The van der Waals surface area contributed by atoms with Gasteiger partial charge in [-0.3, -0.25) is 4.79 Å². The highest BCUT2D eigenvalue weighted by molar-refractivity contribution is 5.94. The van der Waals surface area contributed by atoms with E-state index in [9.17, 15) is 9.18 Å². The first-order valence-electron chi connectivity index (χ1n) is 8.75. The summed E-state index contributed by atoms with van der Waals surface area (Å²) in [5.74, 6) is -0.641. The predicted octanol–water partition coefficient (Wildman–Crippen LogP) is 3.97. The maximum absolute atomic E-state index is 14.4. The molecule has 0 fully saturated rings. The monoisotopic (exact) mass is 354 g/mol. The third-order valence-electron chi connectivity index (χ3n) is 4.11. The number of rotatable bonds is 4. The molecule has 1 amide bonds. The lowest BCUT2D eigenvalue weighted by atomic mass is 9.93. The maximum atomic E-state index is 14.4. The molecule has 1 aromatic carbocycles. The van der Waals surface area contributed by atoms with Crippen LogP contribution in [0.1, 0.15) is 50.3 Å². The topological polar surface area (TPSA) is 59.3 Å². The lowest BCUT2D eigenvalue weighted by Crippen LogP contribution is -2.25. The molecule has 0 radical (unpaired) electrons. The van der Waals surface area contributed by atoms with Crippen molar-refractivity contribution >= 4 is 11.6 Å². The van der Waals surface area contributed by atoms with Crippen LogP contribution in [0.5, 0.6) is 0 Å². The van der Waals surface area contributed by atoms with E-state index in [1.54, 1.807) is 28.8 Å². The number of nitrogens with one attached hydrogen (secondary N) is 1. The Morgan fingerprint density at radius 3 is 2.62 bits per heavy atom. The number of carbonyl (C=O) groups excluding carboxylic acids is 1. The van der Waals surface area contributed by atoms with Crippen LogP contribution in [0.25, 0.3) is 16.9 Å². The number of halogens is 1. The number of fused-ring (bicyclic) bond motifs is 1. The van der Waals surface area contributed by atoms with Crippen molar-refractivity contribution < 1.29 is 9.18 Å². The van der Waals surface area contributed by atoms with Crippen LogP contribution in [0.3, 0.4) is 0 Å². The summed E-state index contributed by atoms with van der Waals surface area (Å²) in [4.78, 5) is 16.9. The van der Waals surface area contributed by atoms with E-state index in [1.807, 2.05) is 33.8 Å². The van der Waals surface area contributed by atoms with Gasteiger partial charge in [0.15, 0.2) is 5.65 Å².